The number of benzene rings is 1. The minimum absolute atomic E-state index is 0.612. The second-order valence-corrected chi connectivity index (χ2v) is 3.81. The van der Waals surface area contributed by atoms with Gasteiger partial charge in [0, 0.05) is 10.0 Å². The highest BCUT2D eigenvalue weighted by Crippen LogP contribution is 2.18. The monoisotopic (exact) mass is 266 g/mol. The standard InChI is InChI=1S/C9H7BrN4O/c10-7-3-1-6(2-4-7)8-5-14(9(11)15)13-12-8/h1-5H,(H2,11,15). The van der Waals surface area contributed by atoms with Crippen LogP contribution in [0.25, 0.3) is 11.3 Å². The number of primary amides is 1. The van der Waals surface area contributed by atoms with Crippen LogP contribution < -0.4 is 5.73 Å². The molecule has 0 fully saturated rings. The van der Waals surface area contributed by atoms with Crippen molar-refractivity contribution in [2.24, 2.45) is 5.73 Å². The molecule has 0 aliphatic heterocycles. The van der Waals surface area contributed by atoms with Crippen LogP contribution in [0.3, 0.4) is 0 Å². The number of nitrogens with two attached hydrogens (primary N) is 1. The van der Waals surface area contributed by atoms with Crippen molar-refractivity contribution in [3.63, 3.8) is 0 Å². The zero-order chi connectivity index (χ0) is 10.8. The van der Waals surface area contributed by atoms with Gasteiger partial charge < -0.3 is 5.73 Å². The molecule has 0 saturated carbocycles. The quantitative estimate of drug-likeness (QED) is 0.853. The molecule has 2 rings (SSSR count). The Kier molecular flexibility index (Phi) is 2.51. The maximum atomic E-state index is 10.8. The predicted molar refractivity (Wildman–Crippen MR) is 58.1 cm³/mol. The van der Waals surface area contributed by atoms with Crippen LogP contribution in [0.2, 0.25) is 0 Å². The minimum Gasteiger partial charge on any atom is -0.350 e. The molecule has 0 radical (unpaired) electrons. The van der Waals surface area contributed by atoms with E-state index < -0.39 is 6.03 Å². The van der Waals surface area contributed by atoms with Gasteiger partial charge in [0.05, 0.1) is 6.20 Å². The lowest BCUT2D eigenvalue weighted by molar-refractivity contribution is 0.247. The molecule has 0 atom stereocenters. The van der Waals surface area contributed by atoms with Crippen LogP contribution in [0.5, 0.6) is 0 Å². The molecule has 76 valence electrons. The van der Waals surface area contributed by atoms with Crippen LogP contribution in [0, 0.1) is 0 Å². The van der Waals surface area contributed by atoms with Crippen LogP contribution in [0.15, 0.2) is 34.9 Å². The molecule has 0 aliphatic carbocycles. The molecule has 15 heavy (non-hydrogen) atoms. The molecule has 2 N–H and O–H groups in total. The summed E-state index contributed by atoms with van der Waals surface area (Å²) in [6, 6.07) is 6.88. The van der Waals surface area contributed by atoms with E-state index in [-0.39, 0.29) is 0 Å². The van der Waals surface area contributed by atoms with Crippen LogP contribution in [-0.4, -0.2) is 21.0 Å². The van der Waals surface area contributed by atoms with Crippen LogP contribution in [-0.2, 0) is 0 Å². The smallest absolute Gasteiger partial charge is 0.340 e. The van der Waals surface area contributed by atoms with E-state index in [2.05, 4.69) is 26.2 Å². The fraction of sp³-hybridized carbons (Fsp3) is 0. The zero-order valence-corrected chi connectivity index (χ0v) is 9.18. The maximum absolute atomic E-state index is 10.8. The highest BCUT2D eigenvalue weighted by molar-refractivity contribution is 9.10. The van der Waals surface area contributed by atoms with Gasteiger partial charge >= 0.3 is 6.03 Å². The summed E-state index contributed by atoms with van der Waals surface area (Å²) in [6.07, 6.45) is 1.49. The van der Waals surface area contributed by atoms with Crippen molar-refractivity contribution in [2.45, 2.75) is 0 Å². The van der Waals surface area contributed by atoms with E-state index in [9.17, 15) is 4.79 Å². The molecule has 0 aliphatic rings. The molecule has 1 amide bonds. The summed E-state index contributed by atoms with van der Waals surface area (Å²) >= 11 is 3.33. The Balaban J connectivity index is 2.37. The fourth-order valence-corrected chi connectivity index (χ4v) is 1.39. The van der Waals surface area contributed by atoms with Gasteiger partial charge in [-0.15, -0.1) is 5.10 Å². The van der Waals surface area contributed by atoms with E-state index >= 15 is 0 Å². The van der Waals surface area contributed by atoms with Crippen LogP contribution in [0.1, 0.15) is 0 Å². The molecular weight excluding hydrogens is 260 g/mol. The lowest BCUT2D eigenvalue weighted by Crippen LogP contribution is -2.19. The number of carbonyl (C=O) groups excluding carboxylic acids is 1. The second kappa shape index (κ2) is 3.82. The van der Waals surface area contributed by atoms with Gasteiger partial charge in [0.2, 0.25) is 0 Å². The van der Waals surface area contributed by atoms with E-state index in [1.807, 2.05) is 24.3 Å². The van der Waals surface area contributed by atoms with E-state index in [4.69, 9.17) is 5.73 Å². The summed E-state index contributed by atoms with van der Waals surface area (Å²) in [5.74, 6) is 0. The third kappa shape index (κ3) is 2.04. The Morgan fingerprint density at radius 2 is 2.00 bits per heavy atom. The first kappa shape index (κ1) is 9.85. The van der Waals surface area contributed by atoms with E-state index in [1.54, 1.807) is 0 Å². The van der Waals surface area contributed by atoms with Crippen molar-refractivity contribution in [3.8, 4) is 11.3 Å². The molecular formula is C9H7BrN4O. The van der Waals surface area contributed by atoms with Crippen LogP contribution in [0.4, 0.5) is 4.79 Å². The summed E-state index contributed by atoms with van der Waals surface area (Å²) < 4.78 is 1.98. The number of carbonyl (C=O) groups is 1. The van der Waals surface area contributed by atoms with Crippen molar-refractivity contribution in [2.75, 3.05) is 0 Å². The SMILES string of the molecule is NC(=O)n1cc(-c2ccc(Br)cc2)nn1. The summed E-state index contributed by atoms with van der Waals surface area (Å²) in [5.41, 5.74) is 6.54. The van der Waals surface area contributed by atoms with Gasteiger partial charge in [-0.3, -0.25) is 0 Å². The lowest BCUT2D eigenvalue weighted by Gasteiger charge is -1.94. The molecule has 1 aromatic heterocycles. The number of hydrogen-bond acceptors (Lipinski definition) is 3. The molecule has 0 saturated heterocycles. The number of aromatic nitrogens is 3. The maximum Gasteiger partial charge on any atom is 0.340 e. The topological polar surface area (TPSA) is 73.8 Å². The average molecular weight is 267 g/mol. The van der Waals surface area contributed by atoms with Crippen molar-refractivity contribution in [1.29, 1.82) is 0 Å². The first-order valence-electron chi connectivity index (χ1n) is 4.15. The summed E-state index contributed by atoms with van der Waals surface area (Å²) in [5, 5.41) is 7.43. The molecule has 0 bridgehead atoms. The number of amides is 1. The lowest BCUT2D eigenvalue weighted by atomic mass is 10.2. The third-order valence-corrected chi connectivity index (χ3v) is 2.39. The number of hydrogen-bond donors (Lipinski definition) is 1. The first-order valence-corrected chi connectivity index (χ1v) is 4.94. The van der Waals surface area contributed by atoms with Gasteiger partial charge in [-0.1, -0.05) is 33.3 Å². The number of rotatable bonds is 1. The number of nitrogens with zero attached hydrogens (tertiary/aromatic N) is 3. The predicted octanol–water partition coefficient (Wildman–Crippen LogP) is 1.63. The highest BCUT2D eigenvalue weighted by Gasteiger charge is 2.05. The van der Waals surface area contributed by atoms with Crippen molar-refractivity contribution in [3.05, 3.63) is 34.9 Å². The van der Waals surface area contributed by atoms with E-state index in [1.165, 1.54) is 6.20 Å². The normalized spacial score (nSPS) is 10.2. The minimum atomic E-state index is -0.647. The Labute approximate surface area is 94.0 Å². The average Bonchev–Trinajstić information content (AvgIpc) is 2.68. The molecule has 5 nitrogen and oxygen atoms in total. The van der Waals surface area contributed by atoms with Gasteiger partial charge in [-0.05, 0) is 12.1 Å². The molecule has 2 aromatic rings. The van der Waals surface area contributed by atoms with Crippen molar-refractivity contribution < 1.29 is 4.79 Å². The van der Waals surface area contributed by atoms with Gasteiger partial charge in [0.1, 0.15) is 5.69 Å². The van der Waals surface area contributed by atoms with E-state index in [0.717, 1.165) is 14.7 Å². The second-order valence-electron chi connectivity index (χ2n) is 2.89. The molecule has 6 heteroatoms. The molecule has 0 spiro atoms. The van der Waals surface area contributed by atoms with Crippen molar-refractivity contribution >= 4 is 22.0 Å². The van der Waals surface area contributed by atoms with E-state index in [0.29, 0.717) is 5.69 Å². The summed E-state index contributed by atoms with van der Waals surface area (Å²) in [7, 11) is 0. The Morgan fingerprint density at radius 1 is 1.33 bits per heavy atom. The largest absolute Gasteiger partial charge is 0.350 e. The first-order chi connectivity index (χ1) is 7.16. The third-order valence-electron chi connectivity index (χ3n) is 1.86. The number of halogens is 1. The summed E-state index contributed by atoms with van der Waals surface area (Å²) in [4.78, 5) is 10.8. The Hall–Kier alpha value is -1.69. The highest BCUT2D eigenvalue weighted by atomic mass is 79.9. The van der Waals surface area contributed by atoms with Gasteiger partial charge in [-0.2, -0.15) is 4.68 Å². The van der Waals surface area contributed by atoms with Gasteiger partial charge in [-0.25, -0.2) is 4.79 Å². The molecule has 0 unspecified atom stereocenters. The Bertz CT molecular complexity index is 491. The van der Waals surface area contributed by atoms with Crippen molar-refractivity contribution in [1.82, 2.24) is 15.0 Å². The van der Waals surface area contributed by atoms with Gasteiger partial charge in [0.15, 0.2) is 0 Å². The Morgan fingerprint density at radius 3 is 2.53 bits per heavy atom. The zero-order valence-electron chi connectivity index (χ0n) is 7.59. The molecule has 1 aromatic carbocycles. The fourth-order valence-electron chi connectivity index (χ4n) is 1.12. The molecule has 1 heterocycles. The van der Waals surface area contributed by atoms with Crippen LogP contribution >= 0.6 is 15.9 Å². The van der Waals surface area contributed by atoms with Gasteiger partial charge in [0.25, 0.3) is 0 Å². The summed E-state index contributed by atoms with van der Waals surface area (Å²) in [6.45, 7) is 0.